The third-order valence-corrected chi connectivity index (χ3v) is 5.15. The van der Waals surface area contributed by atoms with Gasteiger partial charge in [0.1, 0.15) is 0 Å². The van der Waals surface area contributed by atoms with E-state index >= 15 is 0 Å². The Morgan fingerprint density at radius 3 is 2.50 bits per heavy atom. The maximum Gasteiger partial charge on any atom is 0.265 e. The topological polar surface area (TPSA) is 29.1 Å². The van der Waals surface area contributed by atoms with Gasteiger partial charge in [-0.2, -0.15) is 0 Å². The fraction of sp³-hybridized carbons (Fsp3) is 0.150. The summed E-state index contributed by atoms with van der Waals surface area (Å²) >= 11 is 7.36. The zero-order valence-corrected chi connectivity index (χ0v) is 15.1. The second-order valence-electron chi connectivity index (χ2n) is 5.91. The standard InChI is InChI=1S/C20H18ClNOS/c1-13(2)14-4-3-5-15(12-14)18-10-11-19(24-18)20(23)22-17-8-6-16(21)7-9-17/h3-13H,1-2H3,(H,22,23). The molecule has 0 atom stereocenters. The van der Waals surface area contributed by atoms with Crippen LogP contribution in [0, 0.1) is 0 Å². The van der Waals surface area contributed by atoms with E-state index in [1.54, 1.807) is 24.3 Å². The number of hydrogen-bond donors (Lipinski definition) is 1. The van der Waals surface area contributed by atoms with Gasteiger partial charge in [0.2, 0.25) is 0 Å². The fourth-order valence-electron chi connectivity index (χ4n) is 2.39. The minimum Gasteiger partial charge on any atom is -0.321 e. The van der Waals surface area contributed by atoms with Crippen LogP contribution < -0.4 is 5.32 Å². The van der Waals surface area contributed by atoms with Crippen molar-refractivity contribution in [3.8, 4) is 10.4 Å². The molecular weight excluding hydrogens is 338 g/mol. The molecule has 0 saturated carbocycles. The lowest BCUT2D eigenvalue weighted by molar-refractivity contribution is 0.103. The summed E-state index contributed by atoms with van der Waals surface area (Å²) in [7, 11) is 0. The molecule has 3 rings (SSSR count). The number of thiophene rings is 1. The van der Waals surface area contributed by atoms with Crippen molar-refractivity contribution in [2.45, 2.75) is 19.8 Å². The van der Waals surface area contributed by atoms with Gasteiger partial charge >= 0.3 is 0 Å². The van der Waals surface area contributed by atoms with Crippen molar-refractivity contribution < 1.29 is 4.79 Å². The van der Waals surface area contributed by atoms with E-state index < -0.39 is 0 Å². The molecule has 122 valence electrons. The first kappa shape index (κ1) is 16.7. The first-order valence-corrected chi connectivity index (χ1v) is 8.99. The number of anilines is 1. The fourth-order valence-corrected chi connectivity index (χ4v) is 3.42. The van der Waals surface area contributed by atoms with E-state index in [1.807, 2.05) is 12.1 Å². The highest BCUT2D eigenvalue weighted by molar-refractivity contribution is 7.17. The minimum atomic E-state index is -0.103. The molecule has 0 radical (unpaired) electrons. The third kappa shape index (κ3) is 3.86. The first-order valence-electron chi connectivity index (χ1n) is 7.80. The summed E-state index contributed by atoms with van der Waals surface area (Å²) in [5.74, 6) is 0.381. The molecule has 2 aromatic carbocycles. The highest BCUT2D eigenvalue weighted by atomic mass is 35.5. The summed E-state index contributed by atoms with van der Waals surface area (Å²) in [6.45, 7) is 4.36. The monoisotopic (exact) mass is 355 g/mol. The zero-order chi connectivity index (χ0) is 17.1. The summed E-state index contributed by atoms with van der Waals surface area (Å²) in [4.78, 5) is 14.2. The van der Waals surface area contributed by atoms with E-state index in [-0.39, 0.29) is 5.91 Å². The molecular formula is C20H18ClNOS. The van der Waals surface area contributed by atoms with Crippen molar-refractivity contribution in [2.24, 2.45) is 0 Å². The van der Waals surface area contributed by atoms with Gasteiger partial charge in [-0.3, -0.25) is 4.79 Å². The number of hydrogen-bond acceptors (Lipinski definition) is 2. The van der Waals surface area contributed by atoms with Gasteiger partial charge in [-0.1, -0.05) is 49.7 Å². The molecule has 0 aliphatic carbocycles. The Hall–Kier alpha value is -2.10. The van der Waals surface area contributed by atoms with Crippen LogP contribution in [0.1, 0.15) is 35.0 Å². The lowest BCUT2D eigenvalue weighted by Gasteiger charge is -2.06. The molecule has 1 heterocycles. The van der Waals surface area contributed by atoms with Gasteiger partial charge in [0, 0.05) is 15.6 Å². The molecule has 3 aromatic rings. The lowest BCUT2D eigenvalue weighted by Crippen LogP contribution is -2.09. The average Bonchev–Trinajstić information content (AvgIpc) is 3.07. The molecule has 1 aromatic heterocycles. The summed E-state index contributed by atoms with van der Waals surface area (Å²) < 4.78 is 0. The van der Waals surface area contributed by atoms with Crippen LogP contribution >= 0.6 is 22.9 Å². The summed E-state index contributed by atoms with van der Waals surface area (Å²) in [6.07, 6.45) is 0. The van der Waals surface area contributed by atoms with Crippen molar-refractivity contribution in [1.29, 1.82) is 0 Å². The van der Waals surface area contributed by atoms with Gasteiger partial charge in [-0.25, -0.2) is 0 Å². The second-order valence-corrected chi connectivity index (χ2v) is 7.43. The van der Waals surface area contributed by atoms with Crippen LogP contribution in [-0.4, -0.2) is 5.91 Å². The highest BCUT2D eigenvalue weighted by Gasteiger charge is 2.11. The van der Waals surface area contributed by atoms with Gasteiger partial charge in [0.25, 0.3) is 5.91 Å². The predicted molar refractivity (Wildman–Crippen MR) is 103 cm³/mol. The third-order valence-electron chi connectivity index (χ3n) is 3.77. The quantitative estimate of drug-likeness (QED) is 0.572. The van der Waals surface area contributed by atoms with Crippen LogP contribution in [-0.2, 0) is 0 Å². The Labute approximate surface area is 151 Å². The molecule has 0 aliphatic rings. The lowest BCUT2D eigenvalue weighted by atomic mass is 10.0. The Balaban J connectivity index is 1.78. The van der Waals surface area contributed by atoms with E-state index in [9.17, 15) is 4.79 Å². The maximum absolute atomic E-state index is 12.4. The van der Waals surface area contributed by atoms with Gasteiger partial charge in [-0.05, 0) is 53.4 Å². The van der Waals surface area contributed by atoms with Crippen molar-refractivity contribution in [3.63, 3.8) is 0 Å². The number of benzene rings is 2. The molecule has 1 amide bonds. The van der Waals surface area contributed by atoms with Crippen molar-refractivity contribution in [3.05, 3.63) is 76.1 Å². The Kier molecular flexibility index (Phi) is 5.03. The number of halogens is 1. The van der Waals surface area contributed by atoms with E-state index in [4.69, 9.17) is 11.6 Å². The van der Waals surface area contributed by atoms with Crippen LogP contribution in [0.25, 0.3) is 10.4 Å². The zero-order valence-electron chi connectivity index (χ0n) is 13.5. The number of nitrogens with one attached hydrogen (secondary N) is 1. The minimum absolute atomic E-state index is 0.103. The van der Waals surface area contributed by atoms with E-state index in [1.165, 1.54) is 16.9 Å². The average molecular weight is 356 g/mol. The van der Waals surface area contributed by atoms with Gasteiger partial charge in [-0.15, -0.1) is 11.3 Å². The maximum atomic E-state index is 12.4. The normalized spacial score (nSPS) is 10.8. The van der Waals surface area contributed by atoms with E-state index in [0.29, 0.717) is 15.8 Å². The SMILES string of the molecule is CC(C)c1cccc(-c2ccc(C(=O)Nc3ccc(Cl)cc3)s2)c1. The summed E-state index contributed by atoms with van der Waals surface area (Å²) in [6, 6.07) is 19.4. The smallest absolute Gasteiger partial charge is 0.265 e. The van der Waals surface area contributed by atoms with Crippen molar-refractivity contribution >= 4 is 34.5 Å². The van der Waals surface area contributed by atoms with Crippen molar-refractivity contribution in [1.82, 2.24) is 0 Å². The predicted octanol–water partition coefficient (Wildman–Crippen LogP) is 6.44. The molecule has 24 heavy (non-hydrogen) atoms. The first-order chi connectivity index (χ1) is 11.5. The highest BCUT2D eigenvalue weighted by Crippen LogP contribution is 2.30. The Bertz CT molecular complexity index is 852. The number of rotatable bonds is 4. The van der Waals surface area contributed by atoms with Crippen LogP contribution in [0.5, 0.6) is 0 Å². The molecule has 2 nitrogen and oxygen atoms in total. The van der Waals surface area contributed by atoms with Gasteiger partial charge in [0.05, 0.1) is 4.88 Å². The van der Waals surface area contributed by atoms with Gasteiger partial charge in [0.15, 0.2) is 0 Å². The molecule has 0 fully saturated rings. The number of carbonyl (C=O) groups excluding carboxylic acids is 1. The largest absolute Gasteiger partial charge is 0.321 e. The van der Waals surface area contributed by atoms with Crippen molar-refractivity contribution in [2.75, 3.05) is 5.32 Å². The molecule has 0 saturated heterocycles. The van der Waals surface area contributed by atoms with Crippen LogP contribution in [0.15, 0.2) is 60.7 Å². The Morgan fingerprint density at radius 1 is 1.04 bits per heavy atom. The van der Waals surface area contributed by atoms with Crippen LogP contribution in [0.3, 0.4) is 0 Å². The number of carbonyl (C=O) groups is 1. The molecule has 0 unspecified atom stereocenters. The molecule has 4 heteroatoms. The Morgan fingerprint density at radius 2 is 1.79 bits per heavy atom. The number of amides is 1. The van der Waals surface area contributed by atoms with Crippen LogP contribution in [0.2, 0.25) is 5.02 Å². The molecule has 0 aliphatic heterocycles. The van der Waals surface area contributed by atoms with Gasteiger partial charge < -0.3 is 5.32 Å². The summed E-state index contributed by atoms with van der Waals surface area (Å²) in [5.41, 5.74) is 3.19. The molecule has 0 spiro atoms. The molecule has 1 N–H and O–H groups in total. The summed E-state index contributed by atoms with van der Waals surface area (Å²) in [5, 5.41) is 3.54. The van der Waals surface area contributed by atoms with E-state index in [0.717, 1.165) is 16.1 Å². The molecule has 0 bridgehead atoms. The van der Waals surface area contributed by atoms with Crippen LogP contribution in [0.4, 0.5) is 5.69 Å². The van der Waals surface area contributed by atoms with E-state index in [2.05, 4.69) is 43.4 Å². The second kappa shape index (κ2) is 7.20.